The summed E-state index contributed by atoms with van der Waals surface area (Å²) in [6, 6.07) is 0. The van der Waals surface area contributed by atoms with Gasteiger partial charge in [-0.2, -0.15) is 171 Å². The van der Waals surface area contributed by atoms with Crippen molar-refractivity contribution in [2.75, 3.05) is 0 Å². The van der Waals surface area contributed by atoms with Crippen molar-refractivity contribution < 1.29 is 173 Å². The number of hydrogen-bond acceptors (Lipinski definition) is 0. The van der Waals surface area contributed by atoms with Gasteiger partial charge in [-0.1, -0.05) is 20.8 Å². The second kappa shape index (κ2) is 20.3. The molecule has 7 radical (unpaired) electrons. The summed E-state index contributed by atoms with van der Waals surface area (Å²) in [5, 5.41) is 0. The van der Waals surface area contributed by atoms with Crippen LogP contribution < -0.4 is 0 Å². The van der Waals surface area contributed by atoms with Crippen molar-refractivity contribution in [3.63, 3.8) is 0 Å². The molecule has 0 aliphatic heterocycles. The fraction of sp³-hybridized carbons (Fsp3) is 0.889. The molecule has 0 aromatic carbocycles. The van der Waals surface area contributed by atoms with Crippen LogP contribution in [0, 0.1) is 20.8 Å². The summed E-state index contributed by atoms with van der Waals surface area (Å²) in [4.78, 5) is 0. The minimum absolute atomic E-state index is 0. The van der Waals surface area contributed by atoms with Crippen LogP contribution in [-0.4, -0.2) is 131 Å². The molecule has 0 aliphatic rings. The second-order valence-electron chi connectivity index (χ2n) is 12.3. The second-order valence-corrected chi connectivity index (χ2v) is 12.3. The van der Waals surface area contributed by atoms with Gasteiger partial charge in [0.2, 0.25) is 0 Å². The first-order valence-corrected chi connectivity index (χ1v) is 15.2. The molecule has 40 heteroatoms. The Hall–Kier alpha value is -1.93. The van der Waals surface area contributed by atoms with E-state index < -0.39 is 146 Å². The van der Waals surface area contributed by atoms with E-state index in [1.165, 1.54) is 0 Å². The zero-order valence-corrected chi connectivity index (χ0v) is 33.5. The van der Waals surface area contributed by atoms with E-state index in [1.54, 1.807) is 0 Å². The third kappa shape index (κ3) is 11.7. The van der Waals surface area contributed by atoms with Gasteiger partial charge in [0, 0.05) is 44.6 Å². The smallest absolute Gasteiger partial charge is 0.200 e. The summed E-state index contributed by atoms with van der Waals surface area (Å²) in [7, 11) is 0. The van der Waals surface area contributed by atoms with Crippen LogP contribution in [0.3, 0.4) is 0 Å². The van der Waals surface area contributed by atoms with Crippen LogP contribution in [0.2, 0.25) is 0 Å². The fourth-order valence-electron chi connectivity index (χ4n) is 3.54. The average Bonchev–Trinajstić information content (AvgIpc) is 3.06. The van der Waals surface area contributed by atoms with E-state index in [0.717, 1.165) is 0 Å². The van der Waals surface area contributed by atoms with Crippen LogP contribution in [-0.2, 0) is 0 Å². The molecule has 0 nitrogen and oxygen atoms in total. The summed E-state index contributed by atoms with van der Waals surface area (Å²) >= 11 is 0. The van der Waals surface area contributed by atoms with Gasteiger partial charge in [-0.25, -0.2) is 0 Å². The molecule has 0 saturated carbocycles. The normalized spacial score (nSPS) is 15.9. The molecule has 0 saturated heterocycles. The van der Waals surface area contributed by atoms with E-state index in [2.05, 4.69) is 20.8 Å². The number of alkyl halides is 39. The Kier molecular flexibility index (Phi) is 21.7. The molecule has 67 heavy (non-hydrogen) atoms. The minimum Gasteiger partial charge on any atom is -0.200 e. The zero-order valence-electron chi connectivity index (χ0n) is 30.6. The van der Waals surface area contributed by atoms with Gasteiger partial charge in [0.1, 0.15) is 0 Å². The molecule has 0 heterocycles. The van der Waals surface area contributed by atoms with Gasteiger partial charge >= 0.3 is 107 Å². The van der Waals surface area contributed by atoms with Gasteiger partial charge < -0.3 is 0 Å². The Morgan fingerprint density at radius 1 is 0.194 bits per heavy atom. The van der Waals surface area contributed by atoms with E-state index in [9.17, 15) is 171 Å². The molecule has 0 atom stereocenters. The number of halogens is 39. The van der Waals surface area contributed by atoms with Gasteiger partial charge in [0.15, 0.2) is 0 Å². The van der Waals surface area contributed by atoms with Gasteiger partial charge in [0.05, 0.1) is 0 Å². The topological polar surface area (TPSA) is 0 Å². The van der Waals surface area contributed by atoms with Crippen LogP contribution in [0.25, 0.3) is 0 Å². The zero-order chi connectivity index (χ0) is 55.2. The van der Waals surface area contributed by atoms with Crippen molar-refractivity contribution in [1.29, 1.82) is 0 Å². The molecule has 0 amide bonds. The Morgan fingerprint density at radius 3 is 0.388 bits per heavy atom. The Bertz CT molecular complexity index is 1370. The number of hydrogen-bond donors (Lipinski definition) is 0. The summed E-state index contributed by atoms with van der Waals surface area (Å²) in [5.41, 5.74) is 0. The quantitative estimate of drug-likeness (QED) is 0.0948. The van der Waals surface area contributed by atoms with Gasteiger partial charge in [-0.15, -0.1) is 0 Å². The fourth-order valence-corrected chi connectivity index (χ4v) is 3.54. The van der Waals surface area contributed by atoms with Gasteiger partial charge in [-0.05, 0) is 19.3 Å². The van der Waals surface area contributed by atoms with E-state index in [4.69, 9.17) is 0 Å². The molecule has 0 bridgehead atoms. The summed E-state index contributed by atoms with van der Waals surface area (Å²) < 4.78 is 487. The van der Waals surface area contributed by atoms with Gasteiger partial charge in [-0.3, -0.25) is 0 Å². The number of rotatable bonds is 18. The van der Waals surface area contributed by atoms with Crippen LogP contribution in [0.5, 0.6) is 0 Å². The maximum Gasteiger partial charge on any atom is 0.460 e. The first kappa shape index (κ1) is 71.6. The molecule has 0 spiro atoms. The molecule has 0 unspecified atom stereocenters. The molecule has 0 aromatic heterocycles. The van der Waals surface area contributed by atoms with Crippen LogP contribution >= 0.6 is 0 Å². The van der Waals surface area contributed by atoms with Crippen molar-refractivity contribution in [2.24, 2.45) is 0 Å². The van der Waals surface area contributed by atoms with Crippen molar-refractivity contribution in [3.8, 4) is 0 Å². The third-order valence-electron chi connectivity index (χ3n) is 7.47. The first-order chi connectivity index (χ1) is 27.9. The molecule has 0 N–H and O–H groups in total. The molecular weight excluding hydrogens is 1180 g/mol. The van der Waals surface area contributed by atoms with Crippen molar-refractivity contribution in [2.45, 2.75) is 146 Å². The first-order valence-electron chi connectivity index (χ1n) is 15.2. The monoisotopic (exact) mass is 1200 g/mol. The maximum absolute atomic E-state index is 12.9. The average molecular weight is 1200 g/mol. The Labute approximate surface area is 363 Å². The molecule has 0 fully saturated rings. The predicted molar refractivity (Wildman–Crippen MR) is 144 cm³/mol. The molecule has 0 aromatic rings. The van der Waals surface area contributed by atoms with E-state index >= 15 is 0 Å². The summed E-state index contributed by atoms with van der Waals surface area (Å²) in [6.07, 6.45) is -32.5. The van der Waals surface area contributed by atoms with Crippen LogP contribution in [0.1, 0.15) is 40.0 Å². The van der Waals surface area contributed by atoms with Crippen molar-refractivity contribution in [3.05, 3.63) is 20.8 Å². The maximum atomic E-state index is 12.9. The Balaban J connectivity index is -0.000000288. The molecule has 0 aliphatic carbocycles. The summed E-state index contributed by atoms with van der Waals surface area (Å²) in [6.45, 7) is 7.63. The largest absolute Gasteiger partial charge is 0.460 e. The molecular formula is C27H20F39Sn. The minimum atomic E-state index is -7.83. The SMILES string of the molecule is [CH2]CCC(F)(F)C(F)(F)C(F)(F)C(F)(F)C(F)(F)C(F)(F)F.[CH2]CCC(F)(F)C(F)(F)C(F)(F)C(F)(F)C(F)(F)C(F)(F)F.[CH2]CCC(F)(F)C(F)(F)C(F)(F)C(F)(F)C(F)(F)C(F)(F)F.[HH].[Sn]. The predicted octanol–water partition coefficient (Wildman–Crippen LogP) is 15.9. The van der Waals surface area contributed by atoms with E-state index in [0.29, 0.717) is 0 Å². The third-order valence-corrected chi connectivity index (χ3v) is 7.47. The molecule has 405 valence electrons. The van der Waals surface area contributed by atoms with E-state index in [-0.39, 0.29) is 25.3 Å². The van der Waals surface area contributed by atoms with Crippen LogP contribution in [0.15, 0.2) is 0 Å². The van der Waals surface area contributed by atoms with Crippen molar-refractivity contribution >= 4 is 23.9 Å². The van der Waals surface area contributed by atoms with Gasteiger partial charge in [0.25, 0.3) is 0 Å². The van der Waals surface area contributed by atoms with E-state index in [1.807, 2.05) is 0 Å². The summed E-state index contributed by atoms with van der Waals surface area (Å²) in [5.74, 6) is -109. The Morgan fingerprint density at radius 2 is 0.299 bits per heavy atom. The standard InChI is InChI=1S/3C9H6F13.Sn.H2/c3*1-2-3-4(10,11)5(12,13)6(14,15)7(16,17)8(18,19)9(20,21)22;;/h3*1-3H2;;1H. The van der Waals surface area contributed by atoms with Crippen LogP contribution in [0.4, 0.5) is 171 Å². The van der Waals surface area contributed by atoms with Crippen molar-refractivity contribution in [1.82, 2.24) is 0 Å². The molecule has 0 rings (SSSR count).